The Morgan fingerprint density at radius 3 is 2.67 bits per heavy atom. The summed E-state index contributed by atoms with van der Waals surface area (Å²) in [4.78, 5) is 15.5. The minimum absolute atomic E-state index is 0.384. The van der Waals surface area contributed by atoms with Crippen LogP contribution in [0.4, 0.5) is 0 Å². The lowest BCUT2D eigenvalue weighted by Crippen LogP contribution is -2.03. The van der Waals surface area contributed by atoms with Crippen LogP contribution in [0.3, 0.4) is 0 Å². The number of hydrogen-bond donors (Lipinski definition) is 0. The summed E-state index contributed by atoms with van der Waals surface area (Å²) in [6, 6.07) is 10.2. The van der Waals surface area contributed by atoms with Gasteiger partial charge in [-0.05, 0) is 31.2 Å². The first-order valence-corrected chi connectivity index (χ1v) is 6.10. The van der Waals surface area contributed by atoms with Crippen molar-refractivity contribution in [1.29, 1.82) is 0 Å². The second-order valence-electron chi connectivity index (χ2n) is 4.05. The number of benzene rings is 1. The summed E-state index contributed by atoms with van der Waals surface area (Å²) in [6.07, 6.45) is 5.16. The SMILES string of the molecule is C=CCC/C(CCc1ccccc1)=N/OC(C)=O. The Bertz CT molecular complexity index is 410. The third-order valence-corrected chi connectivity index (χ3v) is 2.49. The van der Waals surface area contributed by atoms with Crippen LogP contribution in [0.1, 0.15) is 31.7 Å². The van der Waals surface area contributed by atoms with Crippen LogP contribution in [-0.2, 0) is 16.1 Å². The molecule has 0 bridgehead atoms. The normalized spacial score (nSPS) is 11.1. The van der Waals surface area contributed by atoms with Gasteiger partial charge in [0.25, 0.3) is 0 Å². The summed E-state index contributed by atoms with van der Waals surface area (Å²) < 4.78 is 0. The van der Waals surface area contributed by atoms with Crippen molar-refractivity contribution < 1.29 is 9.63 Å². The van der Waals surface area contributed by atoms with E-state index in [1.807, 2.05) is 24.3 Å². The van der Waals surface area contributed by atoms with E-state index in [9.17, 15) is 4.79 Å². The molecule has 3 heteroatoms. The average molecular weight is 245 g/mol. The molecule has 0 N–H and O–H groups in total. The van der Waals surface area contributed by atoms with Crippen molar-refractivity contribution in [3.05, 3.63) is 48.6 Å². The molecule has 0 fully saturated rings. The first kappa shape index (κ1) is 14.2. The highest BCUT2D eigenvalue weighted by atomic mass is 16.7. The molecular weight excluding hydrogens is 226 g/mol. The molecule has 0 saturated carbocycles. The fourth-order valence-corrected chi connectivity index (χ4v) is 1.55. The van der Waals surface area contributed by atoms with Crippen LogP contribution in [0.15, 0.2) is 48.1 Å². The molecule has 0 aliphatic heterocycles. The third-order valence-electron chi connectivity index (χ3n) is 2.49. The topological polar surface area (TPSA) is 38.7 Å². The van der Waals surface area contributed by atoms with Crippen LogP contribution in [-0.4, -0.2) is 11.7 Å². The van der Waals surface area contributed by atoms with Crippen LogP contribution in [0.2, 0.25) is 0 Å². The van der Waals surface area contributed by atoms with E-state index in [4.69, 9.17) is 4.84 Å². The maximum Gasteiger partial charge on any atom is 0.331 e. The molecule has 0 aliphatic carbocycles. The first-order chi connectivity index (χ1) is 8.72. The van der Waals surface area contributed by atoms with Gasteiger partial charge >= 0.3 is 5.97 Å². The Labute approximate surface area is 108 Å². The minimum Gasteiger partial charge on any atom is -0.319 e. The third kappa shape index (κ3) is 5.99. The predicted molar refractivity (Wildman–Crippen MR) is 73.4 cm³/mol. The van der Waals surface area contributed by atoms with E-state index >= 15 is 0 Å². The van der Waals surface area contributed by atoms with Gasteiger partial charge in [-0.25, -0.2) is 4.79 Å². The van der Waals surface area contributed by atoms with E-state index < -0.39 is 0 Å². The summed E-state index contributed by atoms with van der Waals surface area (Å²) in [5.74, 6) is -0.384. The molecule has 0 unspecified atom stereocenters. The quantitative estimate of drug-likeness (QED) is 0.319. The molecule has 0 heterocycles. The van der Waals surface area contributed by atoms with Crippen LogP contribution < -0.4 is 0 Å². The van der Waals surface area contributed by atoms with Gasteiger partial charge in [-0.2, -0.15) is 0 Å². The molecule has 1 aromatic rings. The van der Waals surface area contributed by atoms with Crippen molar-refractivity contribution in [2.75, 3.05) is 0 Å². The van der Waals surface area contributed by atoms with E-state index in [0.29, 0.717) is 0 Å². The largest absolute Gasteiger partial charge is 0.331 e. The number of rotatable bonds is 7. The second kappa shape index (κ2) is 8.23. The lowest BCUT2D eigenvalue weighted by Gasteiger charge is -2.04. The zero-order valence-corrected chi connectivity index (χ0v) is 10.8. The van der Waals surface area contributed by atoms with Crippen LogP contribution >= 0.6 is 0 Å². The van der Waals surface area contributed by atoms with E-state index in [1.54, 1.807) is 0 Å². The molecule has 96 valence electrons. The summed E-state index contributed by atoms with van der Waals surface area (Å²) in [7, 11) is 0. The highest BCUT2D eigenvalue weighted by Gasteiger charge is 2.02. The molecule has 1 rings (SSSR count). The number of carbonyl (C=O) groups excluding carboxylic acids is 1. The molecule has 0 atom stereocenters. The van der Waals surface area contributed by atoms with Gasteiger partial charge in [0.1, 0.15) is 0 Å². The average Bonchev–Trinajstić information content (AvgIpc) is 2.39. The maximum atomic E-state index is 10.7. The minimum atomic E-state index is -0.384. The van der Waals surface area contributed by atoms with Crippen molar-refractivity contribution in [2.24, 2.45) is 5.16 Å². The van der Waals surface area contributed by atoms with Crippen molar-refractivity contribution in [2.45, 2.75) is 32.6 Å². The van der Waals surface area contributed by atoms with Gasteiger partial charge in [-0.15, -0.1) is 6.58 Å². The van der Waals surface area contributed by atoms with Crippen molar-refractivity contribution in [3.8, 4) is 0 Å². The van der Waals surface area contributed by atoms with Gasteiger partial charge in [0.15, 0.2) is 0 Å². The fourth-order valence-electron chi connectivity index (χ4n) is 1.55. The van der Waals surface area contributed by atoms with E-state index in [1.165, 1.54) is 12.5 Å². The predicted octanol–water partition coefficient (Wildman–Crippen LogP) is 3.50. The zero-order chi connectivity index (χ0) is 13.2. The lowest BCUT2D eigenvalue weighted by molar-refractivity contribution is -0.140. The molecule has 3 nitrogen and oxygen atoms in total. The summed E-state index contributed by atoms with van der Waals surface area (Å²) in [6.45, 7) is 5.04. The van der Waals surface area contributed by atoms with Crippen molar-refractivity contribution in [1.82, 2.24) is 0 Å². The number of oxime groups is 1. The number of aryl methyl sites for hydroxylation is 1. The van der Waals surface area contributed by atoms with Crippen molar-refractivity contribution in [3.63, 3.8) is 0 Å². The van der Waals surface area contributed by atoms with Crippen LogP contribution in [0, 0.1) is 0 Å². The Balaban J connectivity index is 2.52. The second-order valence-corrected chi connectivity index (χ2v) is 4.05. The smallest absolute Gasteiger partial charge is 0.319 e. The number of allylic oxidation sites excluding steroid dienone is 1. The van der Waals surface area contributed by atoms with Gasteiger partial charge in [0.2, 0.25) is 0 Å². The summed E-state index contributed by atoms with van der Waals surface area (Å²) >= 11 is 0. The molecule has 18 heavy (non-hydrogen) atoms. The molecule has 0 aromatic heterocycles. The highest BCUT2D eigenvalue weighted by Crippen LogP contribution is 2.07. The maximum absolute atomic E-state index is 10.7. The van der Waals surface area contributed by atoms with Gasteiger partial charge in [-0.1, -0.05) is 41.6 Å². The Hall–Kier alpha value is -1.90. The van der Waals surface area contributed by atoms with E-state index in [-0.39, 0.29) is 5.97 Å². The molecule has 0 saturated heterocycles. The van der Waals surface area contributed by atoms with Crippen molar-refractivity contribution >= 4 is 11.7 Å². The molecule has 0 radical (unpaired) electrons. The monoisotopic (exact) mass is 245 g/mol. The molecule has 1 aromatic carbocycles. The summed E-state index contributed by atoms with van der Waals surface area (Å²) in [5.41, 5.74) is 2.15. The Morgan fingerprint density at radius 1 is 1.33 bits per heavy atom. The van der Waals surface area contributed by atoms with E-state index in [0.717, 1.165) is 31.4 Å². The molecule has 0 spiro atoms. The van der Waals surface area contributed by atoms with Crippen LogP contribution in [0.25, 0.3) is 0 Å². The lowest BCUT2D eigenvalue weighted by atomic mass is 10.0. The molecule has 0 aliphatic rings. The fraction of sp³-hybridized carbons (Fsp3) is 0.333. The van der Waals surface area contributed by atoms with Gasteiger partial charge in [0, 0.05) is 6.92 Å². The highest BCUT2D eigenvalue weighted by molar-refractivity contribution is 5.85. The molecule has 0 amide bonds. The van der Waals surface area contributed by atoms with E-state index in [2.05, 4.69) is 23.9 Å². The Kier molecular flexibility index (Phi) is 6.47. The molecular formula is C15H19NO2. The van der Waals surface area contributed by atoms with Gasteiger partial charge in [0.05, 0.1) is 5.71 Å². The number of carbonyl (C=O) groups is 1. The standard InChI is InChI=1S/C15H19NO2/c1-3-4-10-15(16-18-13(2)17)12-11-14-8-6-5-7-9-14/h3,5-9H,1,4,10-12H2,2H3/b16-15-. The van der Waals surface area contributed by atoms with Crippen LogP contribution in [0.5, 0.6) is 0 Å². The van der Waals surface area contributed by atoms with Gasteiger partial charge in [-0.3, -0.25) is 0 Å². The Morgan fingerprint density at radius 2 is 2.06 bits per heavy atom. The zero-order valence-electron chi connectivity index (χ0n) is 10.8. The van der Waals surface area contributed by atoms with Gasteiger partial charge < -0.3 is 4.84 Å². The first-order valence-electron chi connectivity index (χ1n) is 6.10. The summed E-state index contributed by atoms with van der Waals surface area (Å²) in [5, 5.41) is 3.90. The number of hydrogen-bond acceptors (Lipinski definition) is 3. The number of nitrogens with zero attached hydrogens (tertiary/aromatic N) is 1.